The molecule has 186 valence electrons. The zero-order valence-corrected chi connectivity index (χ0v) is 19.4. The summed E-state index contributed by atoms with van der Waals surface area (Å²) in [4.78, 5) is 27.8. The van der Waals surface area contributed by atoms with Crippen LogP contribution in [0.5, 0.6) is 0 Å². The Morgan fingerprint density at radius 2 is 2.17 bits per heavy atom. The van der Waals surface area contributed by atoms with Gasteiger partial charge in [0, 0.05) is 49.6 Å². The van der Waals surface area contributed by atoms with Crippen LogP contribution >= 0.6 is 0 Å². The molecule has 5 rings (SSSR count). The number of anilines is 2. The summed E-state index contributed by atoms with van der Waals surface area (Å²) in [6.07, 6.45) is 4.30. The van der Waals surface area contributed by atoms with E-state index < -0.39 is 44.9 Å². The van der Waals surface area contributed by atoms with Crippen LogP contribution in [0.25, 0.3) is 11.4 Å². The summed E-state index contributed by atoms with van der Waals surface area (Å²) in [7, 11) is -2.81. The molecule has 1 atom stereocenters. The largest absolute Gasteiger partial charge is 0.382 e. The van der Waals surface area contributed by atoms with Crippen LogP contribution in [-0.2, 0) is 24.8 Å². The van der Waals surface area contributed by atoms with Gasteiger partial charge in [-0.05, 0) is 36.6 Å². The number of nitrogens with zero attached hydrogens (tertiary/aromatic N) is 7. The number of benzene rings is 1. The van der Waals surface area contributed by atoms with Crippen molar-refractivity contribution in [3.05, 3.63) is 71.2 Å². The molecule has 1 unspecified atom stereocenters. The maximum absolute atomic E-state index is 14.4. The van der Waals surface area contributed by atoms with Gasteiger partial charge >= 0.3 is 0 Å². The maximum Gasteiger partial charge on any atom is 0.290 e. The molecule has 0 saturated heterocycles. The number of hydrogen-bond donors (Lipinski definition) is 1. The van der Waals surface area contributed by atoms with Crippen molar-refractivity contribution in [2.24, 2.45) is 6.98 Å². The Morgan fingerprint density at radius 3 is 2.97 bits per heavy atom. The molecule has 1 N–H and O–H groups in total. The van der Waals surface area contributed by atoms with Crippen molar-refractivity contribution in [1.29, 1.82) is 0 Å². The molecule has 1 amide bonds. The molecule has 1 aliphatic rings. The van der Waals surface area contributed by atoms with Crippen molar-refractivity contribution in [3.8, 4) is 11.4 Å². The first-order chi connectivity index (χ1) is 20.5. The fourth-order valence-electron chi connectivity index (χ4n) is 3.86. The Hall–Kier alpha value is -4.12. The van der Waals surface area contributed by atoms with Gasteiger partial charge in [0.15, 0.2) is 5.82 Å². The minimum absolute atomic E-state index is 0.0252. The number of ether oxygens (including phenoxy) is 1. The lowest BCUT2D eigenvalue weighted by Crippen LogP contribution is -2.49. The summed E-state index contributed by atoms with van der Waals surface area (Å²) in [5, 5.41) is 6.63. The Labute approximate surface area is 219 Å². The number of nitrogens with one attached hydrogen (secondary N) is 1. The molecule has 10 nitrogen and oxygen atoms in total. The second-order valence-electron chi connectivity index (χ2n) is 8.30. The first kappa shape index (κ1) is 15.8. The van der Waals surface area contributed by atoms with Crippen LogP contribution in [0.1, 0.15) is 38.3 Å². The van der Waals surface area contributed by atoms with E-state index in [0.29, 0.717) is 11.3 Å². The second kappa shape index (κ2) is 9.50. The van der Waals surface area contributed by atoms with Crippen molar-refractivity contribution in [3.63, 3.8) is 0 Å². The van der Waals surface area contributed by atoms with E-state index in [1.807, 2.05) is 0 Å². The zero-order chi connectivity index (χ0) is 32.2. The van der Waals surface area contributed by atoms with Crippen molar-refractivity contribution >= 4 is 17.7 Å². The molecule has 0 saturated carbocycles. The van der Waals surface area contributed by atoms with Crippen LogP contribution in [0.15, 0.2) is 42.9 Å². The van der Waals surface area contributed by atoms with Gasteiger partial charge in [0.05, 0.1) is 31.4 Å². The van der Waals surface area contributed by atoms with Crippen LogP contribution in [0.4, 0.5) is 16.2 Å². The van der Waals surface area contributed by atoms with Crippen LogP contribution in [-0.4, -0.2) is 59.8 Å². The van der Waals surface area contributed by atoms with Gasteiger partial charge in [0.2, 0.25) is 5.95 Å². The molecule has 1 aliphatic heterocycles. The summed E-state index contributed by atoms with van der Waals surface area (Å²) < 4.78 is 84.6. The van der Waals surface area contributed by atoms with Gasteiger partial charge in [-0.25, -0.2) is 19.3 Å². The van der Waals surface area contributed by atoms with Gasteiger partial charge in [0.25, 0.3) is 5.91 Å². The average Bonchev–Trinajstić information content (AvgIpc) is 3.57. The van der Waals surface area contributed by atoms with Crippen LogP contribution < -0.4 is 5.32 Å². The summed E-state index contributed by atoms with van der Waals surface area (Å²) in [6, 6.07) is 4.07. The molecule has 36 heavy (non-hydrogen) atoms. The van der Waals surface area contributed by atoms with E-state index in [4.69, 9.17) is 15.7 Å². The molecule has 4 heterocycles. The predicted octanol–water partition coefficient (Wildman–Crippen LogP) is 3.24. The predicted molar refractivity (Wildman–Crippen MR) is 131 cm³/mol. The molecule has 0 fully saturated rings. The molecule has 0 bridgehead atoms. The van der Waals surface area contributed by atoms with Gasteiger partial charge < -0.3 is 19.5 Å². The number of aryl methyl sites for hydroxylation is 3. The number of amides is 1. The average molecular weight is 499 g/mol. The highest BCUT2D eigenvalue weighted by atomic mass is 19.1. The van der Waals surface area contributed by atoms with E-state index >= 15 is 0 Å². The number of carbonyl (C=O) groups excluding carboxylic acids is 1. The molecule has 1 aromatic carbocycles. The van der Waals surface area contributed by atoms with Gasteiger partial charge in [-0.2, -0.15) is 5.10 Å². The lowest BCUT2D eigenvalue weighted by atomic mass is 10.1. The van der Waals surface area contributed by atoms with Gasteiger partial charge in [-0.1, -0.05) is 12.1 Å². The van der Waals surface area contributed by atoms with E-state index in [2.05, 4.69) is 25.4 Å². The number of imidazole rings is 1. The smallest absolute Gasteiger partial charge is 0.290 e. The minimum atomic E-state index is -2.81. The third-order valence-electron chi connectivity index (χ3n) is 5.75. The number of aromatic nitrogens is 6. The minimum Gasteiger partial charge on any atom is -0.382 e. The summed E-state index contributed by atoms with van der Waals surface area (Å²) in [6.45, 7) is -2.53. The maximum atomic E-state index is 14.4. The number of methoxy groups -OCH3 is 1. The highest BCUT2D eigenvalue weighted by molar-refractivity contribution is 5.92. The highest BCUT2D eigenvalue weighted by Gasteiger charge is 2.35. The number of fused-ring (bicyclic) bond motifs is 1. The topological polar surface area (TPSA) is 103 Å². The zero-order valence-electron chi connectivity index (χ0n) is 27.4. The van der Waals surface area contributed by atoms with E-state index in [1.165, 1.54) is 48.3 Å². The fourth-order valence-corrected chi connectivity index (χ4v) is 3.86. The molecular weight excluding hydrogens is 463 g/mol. The van der Waals surface area contributed by atoms with Crippen LogP contribution in [0, 0.1) is 19.7 Å². The monoisotopic (exact) mass is 498 g/mol. The summed E-state index contributed by atoms with van der Waals surface area (Å²) in [5.74, 6) is -1.56. The SMILES string of the molecule is [2H]C([2H])([2H])OCC1Cn2cc(-c3nc(Nc4ccnn4C([2H])([2H])[2H])ncc3C)nc2C(=O)N1C([2H])([2H])c1ccc(C)c(F)c1. The molecule has 11 heteroatoms. The van der Waals surface area contributed by atoms with Crippen LogP contribution in [0.2, 0.25) is 0 Å². The van der Waals surface area contributed by atoms with Gasteiger partial charge in [-0.3, -0.25) is 9.48 Å². The quantitative estimate of drug-likeness (QED) is 0.417. The van der Waals surface area contributed by atoms with E-state index in [0.717, 1.165) is 15.6 Å². The standard InChI is InChI=1S/C25H27FN8O2/c1-15-5-6-17(9-19(15)26)11-34-18(14-36-4)12-33-13-20(29-23(33)24(34)35)22-16(2)10-27-25(31-22)30-21-7-8-28-32(21)3/h5-10,13,18H,11-12,14H2,1-4H3,(H,27,30,31)/i3D3,4D3,11D2. The highest BCUT2D eigenvalue weighted by Crippen LogP contribution is 2.27. The lowest BCUT2D eigenvalue weighted by Gasteiger charge is -2.35. The Kier molecular flexibility index (Phi) is 4.17. The summed E-state index contributed by atoms with van der Waals surface area (Å²) >= 11 is 0. The third kappa shape index (κ3) is 4.44. The molecule has 3 aromatic heterocycles. The Morgan fingerprint density at radius 1 is 1.28 bits per heavy atom. The van der Waals surface area contributed by atoms with E-state index in [-0.39, 0.29) is 41.0 Å². The van der Waals surface area contributed by atoms with Gasteiger partial charge in [0.1, 0.15) is 17.3 Å². The second-order valence-corrected chi connectivity index (χ2v) is 8.30. The van der Waals surface area contributed by atoms with Crippen molar-refractivity contribution in [1.82, 2.24) is 34.2 Å². The summed E-state index contributed by atoms with van der Waals surface area (Å²) in [5.41, 5.74) is 1.22. The first-order valence-corrected chi connectivity index (χ1v) is 10.9. The van der Waals surface area contributed by atoms with E-state index in [9.17, 15) is 9.18 Å². The molecular formula is C25H27FN8O2. The van der Waals surface area contributed by atoms with Crippen LogP contribution in [0.3, 0.4) is 0 Å². The lowest BCUT2D eigenvalue weighted by molar-refractivity contribution is 0.0380. The normalized spacial score (nSPS) is 19.7. The number of rotatable bonds is 7. The third-order valence-corrected chi connectivity index (χ3v) is 5.75. The molecule has 0 spiro atoms. The van der Waals surface area contributed by atoms with Gasteiger partial charge in [-0.15, -0.1) is 0 Å². The first-order valence-electron chi connectivity index (χ1n) is 14.9. The Bertz CT molecular complexity index is 1720. The Balaban J connectivity index is 1.52. The fraction of sp³-hybridized carbons (Fsp3) is 0.320. The number of carbonyl (C=O) groups is 1. The van der Waals surface area contributed by atoms with Crippen molar-refractivity contribution in [2.75, 3.05) is 19.0 Å². The molecule has 4 aromatic rings. The number of halogens is 1. The van der Waals surface area contributed by atoms with Crippen molar-refractivity contribution < 1.29 is 24.9 Å². The van der Waals surface area contributed by atoms with E-state index in [1.54, 1.807) is 6.92 Å². The molecule has 0 aliphatic carbocycles. The molecule has 0 radical (unpaired) electrons. The van der Waals surface area contributed by atoms with Crippen molar-refractivity contribution in [2.45, 2.75) is 32.9 Å². The number of hydrogen-bond acceptors (Lipinski definition) is 7.